The summed E-state index contributed by atoms with van der Waals surface area (Å²) in [7, 11) is 0. The van der Waals surface area contributed by atoms with E-state index in [1.807, 2.05) is 13.8 Å². The molecule has 0 saturated carbocycles. The summed E-state index contributed by atoms with van der Waals surface area (Å²) in [4.78, 5) is 34.2. The van der Waals surface area contributed by atoms with Gasteiger partial charge in [0.1, 0.15) is 11.2 Å². The molecule has 0 fully saturated rings. The molecule has 1 N–H and O–H groups in total. The van der Waals surface area contributed by atoms with E-state index in [9.17, 15) is 4.79 Å². The number of hydrogen-bond acceptors (Lipinski definition) is 5. The highest BCUT2D eigenvalue weighted by Crippen LogP contribution is 2.32. The van der Waals surface area contributed by atoms with Crippen molar-refractivity contribution in [3.63, 3.8) is 0 Å². The average molecular weight is 419 g/mol. The molecule has 2 unspecified atom stereocenters. The molecule has 0 aliphatic heterocycles. The van der Waals surface area contributed by atoms with Crippen LogP contribution in [0.2, 0.25) is 0 Å². The van der Waals surface area contributed by atoms with Crippen LogP contribution in [0, 0.1) is 0 Å². The van der Waals surface area contributed by atoms with Gasteiger partial charge in [-0.1, -0.05) is 66.2 Å². The molecule has 0 bridgehead atoms. The van der Waals surface area contributed by atoms with Crippen LogP contribution in [0.25, 0.3) is 0 Å². The van der Waals surface area contributed by atoms with E-state index in [-0.39, 0.29) is 12.8 Å². The standard InChI is InChI=1S/C23H46O6/c1-8-12-14-17-21(5,10-3)26-28-23(7,19-16-20(24)25)29-27-22(6,11-4)18-15-13-9-2/h8-19H2,1-7H3,(H,24,25). The summed E-state index contributed by atoms with van der Waals surface area (Å²) < 4.78 is 0. The lowest BCUT2D eigenvalue weighted by Gasteiger charge is -2.36. The van der Waals surface area contributed by atoms with Crippen molar-refractivity contribution < 1.29 is 29.5 Å². The van der Waals surface area contributed by atoms with E-state index in [1.54, 1.807) is 6.92 Å². The molecule has 0 radical (unpaired) electrons. The lowest BCUT2D eigenvalue weighted by atomic mass is 9.96. The summed E-state index contributed by atoms with van der Waals surface area (Å²) >= 11 is 0. The van der Waals surface area contributed by atoms with Gasteiger partial charge in [-0.3, -0.25) is 4.79 Å². The third-order valence-corrected chi connectivity index (χ3v) is 5.75. The van der Waals surface area contributed by atoms with Gasteiger partial charge in [-0.25, -0.2) is 9.78 Å². The lowest BCUT2D eigenvalue weighted by Crippen LogP contribution is -2.41. The number of hydrogen-bond donors (Lipinski definition) is 1. The Bertz CT molecular complexity index is 413. The van der Waals surface area contributed by atoms with Crippen molar-refractivity contribution in [3.05, 3.63) is 0 Å². The Morgan fingerprint density at radius 3 is 1.41 bits per heavy atom. The molecule has 6 heteroatoms. The largest absolute Gasteiger partial charge is 0.481 e. The Balaban J connectivity index is 5.03. The van der Waals surface area contributed by atoms with Crippen LogP contribution in [0.15, 0.2) is 0 Å². The number of carboxylic acids is 1. The third-order valence-electron chi connectivity index (χ3n) is 5.75. The number of aliphatic carboxylic acids is 1. The molecular weight excluding hydrogens is 372 g/mol. The van der Waals surface area contributed by atoms with E-state index in [0.717, 1.165) is 64.2 Å². The molecular formula is C23H46O6. The number of carboxylic acid groups (broad SMARTS) is 1. The van der Waals surface area contributed by atoms with Crippen molar-refractivity contribution in [2.45, 2.75) is 143 Å². The molecule has 174 valence electrons. The van der Waals surface area contributed by atoms with Crippen LogP contribution >= 0.6 is 0 Å². The zero-order valence-electron chi connectivity index (χ0n) is 20.0. The second-order valence-electron chi connectivity index (χ2n) is 8.88. The minimum Gasteiger partial charge on any atom is -0.481 e. The molecule has 0 heterocycles. The SMILES string of the molecule is CCCCCC(C)(CC)OOC(C)(CCC(=O)O)OOC(C)(CC)CCCCC. The van der Waals surface area contributed by atoms with Gasteiger partial charge in [0.25, 0.3) is 0 Å². The average Bonchev–Trinajstić information content (AvgIpc) is 2.70. The van der Waals surface area contributed by atoms with Gasteiger partial charge in [0, 0.05) is 6.42 Å². The molecule has 0 saturated heterocycles. The van der Waals surface area contributed by atoms with Crippen LogP contribution in [-0.4, -0.2) is 28.1 Å². The zero-order valence-corrected chi connectivity index (χ0v) is 20.0. The smallest absolute Gasteiger partial charge is 0.303 e. The predicted octanol–water partition coefficient (Wildman–Crippen LogP) is 6.96. The Morgan fingerprint density at radius 1 is 0.690 bits per heavy atom. The maximum Gasteiger partial charge on any atom is 0.303 e. The fourth-order valence-electron chi connectivity index (χ4n) is 2.86. The van der Waals surface area contributed by atoms with Crippen molar-refractivity contribution in [1.82, 2.24) is 0 Å². The predicted molar refractivity (Wildman–Crippen MR) is 115 cm³/mol. The molecule has 2 atom stereocenters. The van der Waals surface area contributed by atoms with Crippen molar-refractivity contribution >= 4 is 5.97 Å². The molecule has 0 rings (SSSR count). The zero-order chi connectivity index (χ0) is 22.4. The normalized spacial score (nSPS) is 18.0. The second kappa shape index (κ2) is 14.3. The molecule has 0 aromatic carbocycles. The van der Waals surface area contributed by atoms with Gasteiger partial charge in [-0.15, -0.1) is 0 Å². The first-order valence-electron chi connectivity index (χ1n) is 11.5. The lowest BCUT2D eigenvalue weighted by molar-refractivity contribution is -0.542. The summed E-state index contributed by atoms with van der Waals surface area (Å²) in [5.74, 6) is -2.20. The molecule has 0 spiro atoms. The number of unbranched alkanes of at least 4 members (excludes halogenated alkanes) is 4. The fraction of sp³-hybridized carbons (Fsp3) is 0.957. The monoisotopic (exact) mass is 418 g/mol. The maximum atomic E-state index is 11.1. The van der Waals surface area contributed by atoms with Crippen molar-refractivity contribution in [2.24, 2.45) is 0 Å². The quantitative estimate of drug-likeness (QED) is 0.106. The molecule has 0 aromatic heterocycles. The van der Waals surface area contributed by atoms with E-state index >= 15 is 0 Å². The van der Waals surface area contributed by atoms with Crippen LogP contribution < -0.4 is 0 Å². The first-order chi connectivity index (χ1) is 13.6. The van der Waals surface area contributed by atoms with Gasteiger partial charge >= 0.3 is 5.97 Å². The van der Waals surface area contributed by atoms with Gasteiger partial charge in [-0.05, 0) is 46.5 Å². The van der Waals surface area contributed by atoms with Crippen LogP contribution in [0.1, 0.15) is 126 Å². The van der Waals surface area contributed by atoms with E-state index in [4.69, 9.17) is 24.7 Å². The summed E-state index contributed by atoms with van der Waals surface area (Å²) in [6, 6.07) is 0. The van der Waals surface area contributed by atoms with Gasteiger partial charge in [0.15, 0.2) is 0 Å². The minimum atomic E-state index is -1.29. The summed E-state index contributed by atoms with van der Waals surface area (Å²) in [5.41, 5.74) is -0.892. The third kappa shape index (κ3) is 12.6. The molecule has 6 nitrogen and oxygen atoms in total. The van der Waals surface area contributed by atoms with E-state index in [0.29, 0.717) is 0 Å². The van der Waals surface area contributed by atoms with Gasteiger partial charge < -0.3 is 5.11 Å². The van der Waals surface area contributed by atoms with Gasteiger partial charge in [-0.2, -0.15) is 9.78 Å². The van der Waals surface area contributed by atoms with E-state index in [1.165, 1.54) is 0 Å². The number of rotatable bonds is 19. The van der Waals surface area contributed by atoms with Crippen LogP contribution in [0.3, 0.4) is 0 Å². The number of carbonyl (C=O) groups is 1. The second-order valence-corrected chi connectivity index (χ2v) is 8.88. The van der Waals surface area contributed by atoms with Gasteiger partial charge in [0.2, 0.25) is 5.79 Å². The summed E-state index contributed by atoms with van der Waals surface area (Å²) in [6.45, 7) is 14.2. The Hall–Kier alpha value is -0.690. The Kier molecular flexibility index (Phi) is 14.0. The Morgan fingerprint density at radius 2 is 1.10 bits per heavy atom. The highest BCUT2D eigenvalue weighted by Gasteiger charge is 2.37. The first-order valence-corrected chi connectivity index (χ1v) is 11.5. The Labute approximate surface area is 178 Å². The van der Waals surface area contributed by atoms with Crippen LogP contribution in [-0.2, 0) is 24.3 Å². The van der Waals surface area contributed by atoms with Crippen molar-refractivity contribution in [1.29, 1.82) is 0 Å². The molecule has 0 aliphatic rings. The van der Waals surface area contributed by atoms with Crippen molar-refractivity contribution in [2.75, 3.05) is 0 Å². The maximum absolute atomic E-state index is 11.1. The topological polar surface area (TPSA) is 74.2 Å². The van der Waals surface area contributed by atoms with Gasteiger partial charge in [0.05, 0.1) is 6.42 Å². The minimum absolute atomic E-state index is 0.0967. The van der Waals surface area contributed by atoms with Crippen LogP contribution in [0.5, 0.6) is 0 Å². The summed E-state index contributed by atoms with van der Waals surface area (Å²) in [6.07, 6.45) is 10.0. The molecule has 0 aliphatic carbocycles. The van der Waals surface area contributed by atoms with Crippen LogP contribution in [0.4, 0.5) is 0 Å². The van der Waals surface area contributed by atoms with Crippen molar-refractivity contribution in [3.8, 4) is 0 Å². The van der Waals surface area contributed by atoms with E-state index in [2.05, 4.69) is 27.7 Å². The molecule has 0 amide bonds. The molecule has 0 aromatic rings. The highest BCUT2D eigenvalue weighted by atomic mass is 17.3. The first kappa shape index (κ1) is 28.3. The summed E-state index contributed by atoms with van der Waals surface area (Å²) in [5, 5.41) is 9.12. The van der Waals surface area contributed by atoms with E-state index < -0.39 is 23.0 Å². The highest BCUT2D eigenvalue weighted by molar-refractivity contribution is 5.66. The fourth-order valence-corrected chi connectivity index (χ4v) is 2.86. The molecule has 29 heavy (non-hydrogen) atoms.